The molecule has 0 heterocycles. The van der Waals surface area contributed by atoms with Crippen LogP contribution in [0.15, 0.2) is 0 Å². The van der Waals surface area contributed by atoms with Gasteiger partial charge in [0.15, 0.2) is 0 Å². The van der Waals surface area contributed by atoms with E-state index in [-0.39, 0.29) is 11.8 Å². The first-order valence-corrected chi connectivity index (χ1v) is 6.82. The summed E-state index contributed by atoms with van der Waals surface area (Å²) >= 11 is 0. The summed E-state index contributed by atoms with van der Waals surface area (Å²) in [5, 5.41) is 21.5. The van der Waals surface area contributed by atoms with Crippen molar-refractivity contribution >= 4 is 5.97 Å². The molecule has 3 nitrogen and oxygen atoms in total. The summed E-state index contributed by atoms with van der Waals surface area (Å²) in [4.78, 5) is 10.8. The number of carboxylic acids is 1. The molecule has 0 spiro atoms. The van der Waals surface area contributed by atoms with Gasteiger partial charge in [0.05, 0.1) is 5.60 Å². The molecule has 0 amide bonds. The van der Waals surface area contributed by atoms with Crippen LogP contribution in [-0.4, -0.2) is 16.7 Å². The second-order valence-electron chi connectivity index (χ2n) is 7.02. The van der Waals surface area contributed by atoms with Gasteiger partial charge in [-0.3, -0.25) is 0 Å². The van der Waals surface area contributed by atoms with E-state index in [2.05, 4.69) is 0 Å². The van der Waals surface area contributed by atoms with E-state index in [0.717, 1.165) is 37.0 Å². The quantitative estimate of drug-likeness (QED) is 0.799. The first-order chi connectivity index (χ1) is 7.90. The molecule has 17 heavy (non-hydrogen) atoms. The van der Waals surface area contributed by atoms with Gasteiger partial charge in [0, 0.05) is 17.8 Å². The summed E-state index contributed by atoms with van der Waals surface area (Å²) in [6.45, 7) is 1.72. The Kier molecular flexibility index (Phi) is 2.35. The molecule has 4 bridgehead atoms. The molecule has 0 radical (unpaired) electrons. The van der Waals surface area contributed by atoms with Crippen LogP contribution in [0.25, 0.3) is 0 Å². The lowest BCUT2D eigenvalue weighted by Crippen LogP contribution is -2.58. The second-order valence-corrected chi connectivity index (χ2v) is 7.02. The van der Waals surface area contributed by atoms with Gasteiger partial charge >= 0.3 is 0 Å². The van der Waals surface area contributed by atoms with Crippen LogP contribution in [-0.2, 0) is 4.79 Å². The Bertz CT molecular complexity index is 310. The number of aliphatic hydroxyl groups is 1. The molecule has 4 aliphatic carbocycles. The fourth-order valence-electron chi connectivity index (χ4n) is 5.24. The molecule has 3 heteroatoms. The normalized spacial score (nSPS) is 46.8. The highest BCUT2D eigenvalue weighted by Crippen LogP contribution is 2.64. The summed E-state index contributed by atoms with van der Waals surface area (Å²) in [6, 6.07) is 0. The van der Waals surface area contributed by atoms with Crippen LogP contribution < -0.4 is 5.11 Å². The molecule has 0 aromatic rings. The van der Waals surface area contributed by atoms with Gasteiger partial charge in [-0.1, -0.05) is 0 Å². The monoisotopic (exact) mass is 237 g/mol. The molecule has 0 aromatic heterocycles. The van der Waals surface area contributed by atoms with Crippen LogP contribution in [0.4, 0.5) is 0 Å². The molecule has 0 aliphatic heterocycles. The third-order valence-corrected chi connectivity index (χ3v) is 5.67. The Morgan fingerprint density at radius 3 is 2.00 bits per heavy atom. The fraction of sp³-hybridized carbons (Fsp3) is 0.929. The molecule has 1 atom stereocenters. The number of hydrogen-bond acceptors (Lipinski definition) is 3. The van der Waals surface area contributed by atoms with E-state index in [4.69, 9.17) is 0 Å². The zero-order valence-electron chi connectivity index (χ0n) is 10.4. The molecule has 4 saturated carbocycles. The van der Waals surface area contributed by atoms with E-state index in [1.54, 1.807) is 6.92 Å². The zero-order chi connectivity index (χ0) is 12.3. The lowest BCUT2D eigenvalue weighted by atomic mass is 9.45. The van der Waals surface area contributed by atoms with Gasteiger partial charge in [0.2, 0.25) is 0 Å². The van der Waals surface area contributed by atoms with Gasteiger partial charge in [-0.15, -0.1) is 0 Å². The second kappa shape index (κ2) is 3.47. The number of hydrogen-bond donors (Lipinski definition) is 1. The molecule has 4 fully saturated rings. The highest BCUT2D eigenvalue weighted by molar-refractivity contribution is 5.65. The predicted molar refractivity (Wildman–Crippen MR) is 60.9 cm³/mol. The molecule has 0 aromatic carbocycles. The highest BCUT2D eigenvalue weighted by atomic mass is 16.4. The molecule has 0 unspecified atom stereocenters. The van der Waals surface area contributed by atoms with Crippen molar-refractivity contribution in [1.29, 1.82) is 0 Å². The van der Waals surface area contributed by atoms with Crippen molar-refractivity contribution in [3.63, 3.8) is 0 Å². The van der Waals surface area contributed by atoms with E-state index < -0.39 is 11.6 Å². The average molecular weight is 237 g/mol. The third kappa shape index (κ3) is 1.70. The van der Waals surface area contributed by atoms with Crippen LogP contribution >= 0.6 is 0 Å². The fourth-order valence-corrected chi connectivity index (χ4v) is 5.24. The van der Waals surface area contributed by atoms with E-state index in [1.807, 2.05) is 0 Å². The van der Waals surface area contributed by atoms with Crippen molar-refractivity contribution in [2.24, 2.45) is 23.2 Å². The van der Waals surface area contributed by atoms with Gasteiger partial charge in [-0.05, 0) is 63.2 Å². The molecule has 96 valence electrons. The minimum Gasteiger partial charge on any atom is -0.550 e. The minimum atomic E-state index is -1.12. The summed E-state index contributed by atoms with van der Waals surface area (Å²) in [6.07, 6.45) is 6.79. The topological polar surface area (TPSA) is 60.4 Å². The summed E-state index contributed by atoms with van der Waals surface area (Å²) in [5.74, 6) is 1.07. The zero-order valence-corrected chi connectivity index (χ0v) is 10.4. The molecule has 1 N–H and O–H groups in total. The van der Waals surface area contributed by atoms with Gasteiger partial charge < -0.3 is 15.0 Å². The smallest absolute Gasteiger partial charge is 0.0727 e. The largest absolute Gasteiger partial charge is 0.550 e. The van der Waals surface area contributed by atoms with Crippen LogP contribution in [0.1, 0.15) is 51.9 Å². The Morgan fingerprint density at radius 1 is 1.24 bits per heavy atom. The number of rotatable bonds is 3. The molecule has 4 aliphatic rings. The Hall–Kier alpha value is -0.570. The maximum Gasteiger partial charge on any atom is 0.0727 e. The van der Waals surface area contributed by atoms with Gasteiger partial charge in [-0.2, -0.15) is 0 Å². The number of carbonyl (C=O) groups is 1. The molecular weight excluding hydrogens is 216 g/mol. The molecular formula is C14H21O3-. The minimum absolute atomic E-state index is 0.137. The molecule has 4 rings (SSSR count). The Morgan fingerprint density at radius 2 is 1.65 bits per heavy atom. The van der Waals surface area contributed by atoms with Gasteiger partial charge in [0.25, 0.3) is 0 Å². The summed E-state index contributed by atoms with van der Waals surface area (Å²) in [5.41, 5.74) is -1.22. The summed E-state index contributed by atoms with van der Waals surface area (Å²) in [7, 11) is 0. The van der Waals surface area contributed by atoms with Crippen molar-refractivity contribution < 1.29 is 15.0 Å². The Balaban J connectivity index is 1.88. The van der Waals surface area contributed by atoms with Crippen molar-refractivity contribution in [2.75, 3.05) is 0 Å². The Labute approximate surface area is 102 Å². The van der Waals surface area contributed by atoms with E-state index in [1.165, 1.54) is 19.3 Å². The highest BCUT2D eigenvalue weighted by Gasteiger charge is 2.58. The SMILES string of the molecule is C[C@@](O)(CC(=O)[O-])C12CC3CC(CC(C3)C1)C2. The van der Waals surface area contributed by atoms with Crippen molar-refractivity contribution in [1.82, 2.24) is 0 Å². The van der Waals surface area contributed by atoms with E-state index >= 15 is 0 Å². The number of carbonyl (C=O) groups excluding carboxylic acids is 1. The first kappa shape index (κ1) is 11.5. The number of aliphatic carboxylic acids is 1. The van der Waals surface area contributed by atoms with Crippen LogP contribution in [0.2, 0.25) is 0 Å². The lowest BCUT2D eigenvalue weighted by molar-refractivity contribution is -0.312. The van der Waals surface area contributed by atoms with E-state index in [9.17, 15) is 15.0 Å². The van der Waals surface area contributed by atoms with E-state index in [0.29, 0.717) is 0 Å². The maximum absolute atomic E-state index is 10.8. The van der Waals surface area contributed by atoms with Crippen LogP contribution in [0.3, 0.4) is 0 Å². The number of carboxylic acid groups (broad SMARTS) is 1. The summed E-state index contributed by atoms with van der Waals surface area (Å²) < 4.78 is 0. The van der Waals surface area contributed by atoms with Crippen molar-refractivity contribution in [2.45, 2.75) is 57.5 Å². The third-order valence-electron chi connectivity index (χ3n) is 5.67. The maximum atomic E-state index is 10.8. The first-order valence-electron chi connectivity index (χ1n) is 6.82. The van der Waals surface area contributed by atoms with Crippen molar-refractivity contribution in [3.05, 3.63) is 0 Å². The van der Waals surface area contributed by atoms with Crippen LogP contribution in [0, 0.1) is 23.2 Å². The van der Waals surface area contributed by atoms with Gasteiger partial charge in [0.1, 0.15) is 0 Å². The molecule has 0 saturated heterocycles. The van der Waals surface area contributed by atoms with Gasteiger partial charge in [-0.25, -0.2) is 0 Å². The standard InChI is InChI=1S/C14H22O3/c1-13(17,8-12(15)16)14-5-9-2-10(6-14)4-11(3-9)7-14/h9-11,17H,2-8H2,1H3,(H,15,16)/p-1/t9?,10?,11?,13-,14?/m1/s1. The average Bonchev–Trinajstić information content (AvgIpc) is 2.12. The lowest BCUT2D eigenvalue weighted by Gasteiger charge is -2.61. The predicted octanol–water partition coefficient (Wildman–Crippen LogP) is 1.09. The van der Waals surface area contributed by atoms with Crippen molar-refractivity contribution in [3.8, 4) is 0 Å². The van der Waals surface area contributed by atoms with Crippen LogP contribution in [0.5, 0.6) is 0 Å².